The molecule has 0 saturated carbocycles. The smallest absolute Gasteiger partial charge is 0.273 e. The second kappa shape index (κ2) is 14.7. The van der Waals surface area contributed by atoms with Crippen LogP contribution in [0.15, 0.2) is 65.8 Å². The van der Waals surface area contributed by atoms with Gasteiger partial charge in [-0.05, 0) is 79.5 Å². The van der Waals surface area contributed by atoms with Crippen LogP contribution in [0.4, 0.5) is 5.69 Å². The summed E-state index contributed by atoms with van der Waals surface area (Å²) >= 11 is 8.01. The second-order valence-corrected chi connectivity index (χ2v) is 10.5. The molecule has 3 aromatic carbocycles. The number of nitrogens with zero attached hydrogens (tertiary/aromatic N) is 2. The fourth-order valence-corrected chi connectivity index (χ4v) is 4.92. The van der Waals surface area contributed by atoms with Crippen molar-refractivity contribution in [3.63, 3.8) is 0 Å². The lowest BCUT2D eigenvalue weighted by molar-refractivity contribution is 0.0956. The van der Waals surface area contributed by atoms with Gasteiger partial charge in [0.25, 0.3) is 11.8 Å². The molecule has 6 nitrogen and oxygen atoms in total. The Kier molecular flexibility index (Phi) is 11.4. The van der Waals surface area contributed by atoms with Crippen molar-refractivity contribution < 1.29 is 9.59 Å². The molecule has 0 aromatic heterocycles. The first-order chi connectivity index (χ1) is 18.3. The van der Waals surface area contributed by atoms with Gasteiger partial charge in [0.15, 0.2) is 0 Å². The SMILES string of the molecule is CCN(CC)CCSCc1cccc(C(=O)Nc2ccc(Cl)cc2C(=O)NN=Cc2ccc(C)c(C)c2)c1. The number of carbonyl (C=O) groups is 2. The van der Waals surface area contributed by atoms with Crippen molar-refractivity contribution in [2.24, 2.45) is 5.10 Å². The maximum Gasteiger partial charge on any atom is 0.273 e. The number of benzene rings is 3. The molecular weight excluding hydrogens is 516 g/mol. The normalized spacial score (nSPS) is 11.2. The Morgan fingerprint density at radius 3 is 2.50 bits per heavy atom. The van der Waals surface area contributed by atoms with E-state index < -0.39 is 5.91 Å². The summed E-state index contributed by atoms with van der Waals surface area (Å²) in [5.74, 6) is 1.10. The fourth-order valence-electron chi connectivity index (χ4n) is 3.80. The van der Waals surface area contributed by atoms with Gasteiger partial charge in [-0.1, -0.05) is 55.8 Å². The van der Waals surface area contributed by atoms with E-state index in [1.165, 1.54) is 11.6 Å². The van der Waals surface area contributed by atoms with Crippen LogP contribution >= 0.6 is 23.4 Å². The van der Waals surface area contributed by atoms with Crippen LogP contribution in [0.3, 0.4) is 0 Å². The van der Waals surface area contributed by atoms with Crippen LogP contribution in [0.2, 0.25) is 5.02 Å². The van der Waals surface area contributed by atoms with Gasteiger partial charge in [-0.15, -0.1) is 0 Å². The molecule has 2 amide bonds. The minimum absolute atomic E-state index is 0.228. The number of carbonyl (C=O) groups excluding carboxylic acids is 2. The molecule has 0 heterocycles. The van der Waals surface area contributed by atoms with Crippen molar-refractivity contribution in [3.8, 4) is 0 Å². The van der Waals surface area contributed by atoms with Crippen molar-refractivity contribution in [1.82, 2.24) is 10.3 Å². The van der Waals surface area contributed by atoms with Gasteiger partial charge in [0.05, 0.1) is 17.5 Å². The first-order valence-electron chi connectivity index (χ1n) is 12.7. The number of hydrazone groups is 1. The number of rotatable bonds is 12. The summed E-state index contributed by atoms with van der Waals surface area (Å²) < 4.78 is 0. The third kappa shape index (κ3) is 8.72. The minimum Gasteiger partial charge on any atom is -0.321 e. The number of aryl methyl sites for hydroxylation is 2. The zero-order valence-electron chi connectivity index (χ0n) is 22.4. The van der Waals surface area contributed by atoms with E-state index in [0.29, 0.717) is 16.3 Å². The van der Waals surface area contributed by atoms with Crippen molar-refractivity contribution in [1.29, 1.82) is 0 Å². The molecule has 8 heteroatoms. The van der Waals surface area contributed by atoms with Crippen molar-refractivity contribution in [3.05, 3.63) is 99.1 Å². The van der Waals surface area contributed by atoms with Gasteiger partial charge in [-0.3, -0.25) is 9.59 Å². The van der Waals surface area contributed by atoms with Gasteiger partial charge in [-0.2, -0.15) is 16.9 Å². The molecule has 200 valence electrons. The molecule has 0 unspecified atom stereocenters. The van der Waals surface area contributed by atoms with E-state index in [-0.39, 0.29) is 11.5 Å². The quantitative estimate of drug-likeness (QED) is 0.152. The zero-order chi connectivity index (χ0) is 27.5. The monoisotopic (exact) mass is 550 g/mol. The first kappa shape index (κ1) is 29.4. The highest BCUT2D eigenvalue weighted by Crippen LogP contribution is 2.22. The van der Waals surface area contributed by atoms with Crippen LogP contribution in [-0.4, -0.2) is 48.3 Å². The number of amides is 2. The van der Waals surface area contributed by atoms with E-state index in [4.69, 9.17) is 11.6 Å². The average Bonchev–Trinajstić information content (AvgIpc) is 2.92. The highest BCUT2D eigenvalue weighted by molar-refractivity contribution is 7.98. The van der Waals surface area contributed by atoms with Crippen LogP contribution in [0.5, 0.6) is 0 Å². The first-order valence-corrected chi connectivity index (χ1v) is 14.2. The lowest BCUT2D eigenvalue weighted by atomic mass is 10.1. The summed E-state index contributed by atoms with van der Waals surface area (Å²) in [4.78, 5) is 28.4. The zero-order valence-corrected chi connectivity index (χ0v) is 24.0. The van der Waals surface area contributed by atoms with Gasteiger partial charge in [0.2, 0.25) is 0 Å². The number of nitrogens with one attached hydrogen (secondary N) is 2. The predicted molar refractivity (Wildman–Crippen MR) is 161 cm³/mol. The van der Waals surface area contributed by atoms with E-state index in [1.807, 2.05) is 62.0 Å². The van der Waals surface area contributed by atoms with Gasteiger partial charge in [-0.25, -0.2) is 5.43 Å². The van der Waals surface area contributed by atoms with Gasteiger partial charge < -0.3 is 10.2 Å². The van der Waals surface area contributed by atoms with Crippen molar-refractivity contribution >= 4 is 47.1 Å². The Balaban J connectivity index is 1.64. The minimum atomic E-state index is -0.471. The molecule has 0 atom stereocenters. The molecule has 0 bridgehead atoms. The Morgan fingerprint density at radius 2 is 1.76 bits per heavy atom. The Bertz CT molecular complexity index is 1290. The molecule has 0 fully saturated rings. The van der Waals surface area contributed by atoms with Crippen LogP contribution in [-0.2, 0) is 5.75 Å². The third-order valence-electron chi connectivity index (χ3n) is 6.29. The molecule has 0 aliphatic heterocycles. The number of anilines is 1. The van der Waals surface area contributed by atoms with Crippen LogP contribution in [0.1, 0.15) is 56.8 Å². The van der Waals surface area contributed by atoms with Gasteiger partial charge >= 0.3 is 0 Å². The molecule has 3 rings (SSSR count). The lowest BCUT2D eigenvalue weighted by Crippen LogP contribution is -2.25. The third-order valence-corrected chi connectivity index (χ3v) is 7.53. The number of hydrogen-bond acceptors (Lipinski definition) is 5. The Morgan fingerprint density at radius 1 is 0.974 bits per heavy atom. The molecule has 0 aliphatic carbocycles. The molecule has 0 saturated heterocycles. The summed E-state index contributed by atoms with van der Waals surface area (Å²) in [6.07, 6.45) is 1.58. The number of hydrogen-bond donors (Lipinski definition) is 2. The van der Waals surface area contributed by atoms with E-state index in [2.05, 4.69) is 34.6 Å². The molecular formula is C30H35ClN4O2S. The van der Waals surface area contributed by atoms with E-state index in [9.17, 15) is 9.59 Å². The van der Waals surface area contributed by atoms with E-state index in [0.717, 1.165) is 47.8 Å². The number of halogens is 1. The van der Waals surface area contributed by atoms with Gasteiger partial charge in [0, 0.05) is 28.6 Å². The summed E-state index contributed by atoms with van der Waals surface area (Å²) in [5, 5.41) is 7.32. The summed E-state index contributed by atoms with van der Waals surface area (Å²) in [7, 11) is 0. The largest absolute Gasteiger partial charge is 0.321 e. The summed E-state index contributed by atoms with van der Waals surface area (Å²) in [5.41, 5.74) is 7.93. The van der Waals surface area contributed by atoms with Crippen LogP contribution in [0, 0.1) is 13.8 Å². The molecule has 0 aliphatic rings. The molecule has 0 radical (unpaired) electrons. The summed E-state index contributed by atoms with van der Waals surface area (Å²) in [6, 6.07) is 18.3. The van der Waals surface area contributed by atoms with E-state index in [1.54, 1.807) is 24.4 Å². The standard InChI is InChI=1S/C30H35ClN4O2S/c1-5-35(6-2)14-15-38-20-24-8-7-9-25(17-24)29(36)33-28-13-12-26(31)18-27(28)30(37)34-32-19-23-11-10-21(3)22(4)16-23/h7-13,16-19H,5-6,14-15,20H2,1-4H3,(H,33,36)(H,34,37). The average molecular weight is 551 g/mol. The molecule has 38 heavy (non-hydrogen) atoms. The summed E-state index contributed by atoms with van der Waals surface area (Å²) in [6.45, 7) is 11.6. The Hall–Kier alpha value is -3.13. The fraction of sp³-hybridized carbons (Fsp3) is 0.300. The molecule has 3 aromatic rings. The maximum atomic E-state index is 13.1. The lowest BCUT2D eigenvalue weighted by Gasteiger charge is -2.17. The second-order valence-electron chi connectivity index (χ2n) is 8.97. The maximum absolute atomic E-state index is 13.1. The topological polar surface area (TPSA) is 73.8 Å². The highest BCUT2D eigenvalue weighted by Gasteiger charge is 2.15. The highest BCUT2D eigenvalue weighted by atomic mass is 35.5. The van der Waals surface area contributed by atoms with E-state index >= 15 is 0 Å². The van der Waals surface area contributed by atoms with Crippen LogP contribution < -0.4 is 10.7 Å². The molecule has 0 spiro atoms. The van der Waals surface area contributed by atoms with Crippen molar-refractivity contribution in [2.45, 2.75) is 33.4 Å². The van der Waals surface area contributed by atoms with Crippen molar-refractivity contribution in [2.75, 3.05) is 30.7 Å². The number of thioether (sulfide) groups is 1. The van der Waals surface area contributed by atoms with Gasteiger partial charge in [0.1, 0.15) is 0 Å². The molecule has 2 N–H and O–H groups in total. The Labute approximate surface area is 234 Å². The predicted octanol–water partition coefficient (Wildman–Crippen LogP) is 6.55. The van der Waals surface area contributed by atoms with Crippen LogP contribution in [0.25, 0.3) is 0 Å².